The molecule has 0 aromatic heterocycles. The first-order valence-corrected chi connectivity index (χ1v) is 14.5. The van der Waals surface area contributed by atoms with E-state index in [0.29, 0.717) is 23.6 Å². The van der Waals surface area contributed by atoms with Gasteiger partial charge in [-0.3, -0.25) is 14.4 Å². The van der Waals surface area contributed by atoms with Gasteiger partial charge < -0.3 is 19.6 Å². The molecule has 1 aromatic carbocycles. The quantitative estimate of drug-likeness (QED) is 0.185. The summed E-state index contributed by atoms with van der Waals surface area (Å²) >= 11 is 11.8. The van der Waals surface area contributed by atoms with Crippen LogP contribution in [-0.2, 0) is 19.1 Å². The molecule has 2 amide bonds. The number of ether oxygens (including phenoxy) is 1. The summed E-state index contributed by atoms with van der Waals surface area (Å²) in [4.78, 5) is 44.8. The molecule has 1 spiro atoms. The van der Waals surface area contributed by atoms with Crippen LogP contribution in [0.2, 0.25) is 5.02 Å². The zero-order chi connectivity index (χ0) is 27.1. The van der Waals surface area contributed by atoms with Gasteiger partial charge in [0, 0.05) is 16.6 Å². The number of likely N-dealkylation sites (tertiary alicyclic amines) is 1. The fourth-order valence-corrected chi connectivity index (χ4v) is 9.96. The number of aliphatic hydroxyl groups is 1. The first-order valence-electron chi connectivity index (χ1n) is 12.3. The highest BCUT2D eigenvalue weighted by Crippen LogP contribution is 2.68. The van der Waals surface area contributed by atoms with Crippen molar-refractivity contribution in [3.63, 3.8) is 0 Å². The molecular weight excluding hydrogens is 580 g/mol. The van der Waals surface area contributed by atoms with Crippen LogP contribution in [0.3, 0.4) is 0 Å². The molecule has 3 heterocycles. The van der Waals surface area contributed by atoms with E-state index in [1.807, 2.05) is 19.1 Å². The van der Waals surface area contributed by atoms with Crippen LogP contribution in [0, 0.1) is 18.8 Å². The molecule has 10 heteroatoms. The van der Waals surface area contributed by atoms with Gasteiger partial charge in [0.05, 0.1) is 46.5 Å². The number of fused-ring (bicyclic) bond motifs is 1. The van der Waals surface area contributed by atoms with Crippen LogP contribution in [0.15, 0.2) is 43.5 Å². The molecule has 200 valence electrons. The van der Waals surface area contributed by atoms with E-state index < -0.39 is 34.6 Å². The predicted molar refractivity (Wildman–Crippen MR) is 150 cm³/mol. The van der Waals surface area contributed by atoms with E-state index in [2.05, 4.69) is 29.1 Å². The van der Waals surface area contributed by atoms with Gasteiger partial charge in [0.15, 0.2) is 0 Å². The molecule has 0 saturated carbocycles. The predicted octanol–water partition coefficient (Wildman–Crippen LogP) is 4.13. The van der Waals surface area contributed by atoms with E-state index in [0.717, 1.165) is 5.56 Å². The van der Waals surface area contributed by atoms with Gasteiger partial charge in [-0.2, -0.15) is 0 Å². The number of aliphatic hydroxyl groups excluding tert-OH is 1. The van der Waals surface area contributed by atoms with Gasteiger partial charge in [0.2, 0.25) is 5.91 Å². The summed E-state index contributed by atoms with van der Waals surface area (Å²) in [6.45, 7) is 11.2. The SMILES string of the molecule is C=CCCOC(=O)[C@H]1[C@H]2C(=O)N([C@H](C)CO)C(C(=O)N(CC=C)c3c(C)cccc3Cl)C23CC(Br)[C@@H]1S3. The Morgan fingerprint density at radius 3 is 2.76 bits per heavy atom. The first kappa shape index (κ1) is 28.2. The van der Waals surface area contributed by atoms with Crippen LogP contribution in [0.5, 0.6) is 0 Å². The van der Waals surface area contributed by atoms with Crippen LogP contribution < -0.4 is 4.90 Å². The third kappa shape index (κ3) is 4.56. The summed E-state index contributed by atoms with van der Waals surface area (Å²) < 4.78 is 4.68. The molecule has 0 aliphatic carbocycles. The maximum atomic E-state index is 14.5. The Kier molecular flexibility index (Phi) is 8.48. The highest BCUT2D eigenvalue weighted by molar-refractivity contribution is 9.09. The van der Waals surface area contributed by atoms with Crippen molar-refractivity contribution >= 4 is 62.8 Å². The van der Waals surface area contributed by atoms with Crippen molar-refractivity contribution in [3.05, 3.63) is 54.1 Å². The van der Waals surface area contributed by atoms with Gasteiger partial charge in [-0.25, -0.2) is 0 Å². The van der Waals surface area contributed by atoms with Crippen LogP contribution >= 0.6 is 39.3 Å². The van der Waals surface area contributed by atoms with Crippen molar-refractivity contribution in [1.29, 1.82) is 0 Å². The van der Waals surface area contributed by atoms with Crippen molar-refractivity contribution in [2.75, 3.05) is 24.7 Å². The number of thioether (sulfide) groups is 1. The summed E-state index contributed by atoms with van der Waals surface area (Å²) in [7, 11) is 0. The lowest BCUT2D eigenvalue weighted by Gasteiger charge is -2.39. The fourth-order valence-electron chi connectivity index (χ4n) is 6.05. The van der Waals surface area contributed by atoms with Gasteiger partial charge in [0.25, 0.3) is 5.91 Å². The highest BCUT2D eigenvalue weighted by atomic mass is 79.9. The molecule has 3 aliphatic heterocycles. The molecule has 37 heavy (non-hydrogen) atoms. The number of hydrogen-bond donors (Lipinski definition) is 1. The molecule has 7 atom stereocenters. The number of anilines is 1. The topological polar surface area (TPSA) is 87.1 Å². The van der Waals surface area contributed by atoms with Crippen LogP contribution in [-0.4, -0.2) is 74.5 Å². The summed E-state index contributed by atoms with van der Waals surface area (Å²) in [5, 5.41) is 10.3. The normalized spacial score (nSPS) is 30.7. The summed E-state index contributed by atoms with van der Waals surface area (Å²) in [6, 6.07) is 3.90. The average Bonchev–Trinajstić information content (AvgIpc) is 3.46. The maximum absolute atomic E-state index is 14.5. The lowest BCUT2D eigenvalue weighted by atomic mass is 9.71. The number of nitrogens with zero attached hydrogens (tertiary/aromatic N) is 2. The van der Waals surface area contributed by atoms with Gasteiger partial charge in [0.1, 0.15) is 6.04 Å². The number of alkyl halides is 1. The second-order valence-electron chi connectivity index (χ2n) is 9.83. The molecule has 2 bridgehead atoms. The standard InChI is InChI=1S/C27H32BrClN2O5S/c1-5-7-12-36-26(35)19-20-24(33)31(16(4)14-32)23(27(20)13-17(28)22(19)37-27)25(34)30(11-6-2)21-15(3)9-8-10-18(21)29/h5-6,8-10,16-17,19-20,22-23,32H,1-2,7,11-14H2,3-4H3/t16-,17?,19+,20+,22+,23?,27?/m1/s1. The van der Waals surface area contributed by atoms with E-state index in [1.165, 1.54) is 16.7 Å². The highest BCUT2D eigenvalue weighted by Gasteiger charge is 2.76. The molecule has 7 nitrogen and oxygen atoms in total. The largest absolute Gasteiger partial charge is 0.465 e. The van der Waals surface area contributed by atoms with Crippen molar-refractivity contribution < 1.29 is 24.2 Å². The fraction of sp³-hybridized carbons (Fsp3) is 0.519. The number of hydrogen-bond acceptors (Lipinski definition) is 6. The lowest BCUT2D eigenvalue weighted by Crippen LogP contribution is -2.57. The van der Waals surface area contributed by atoms with Gasteiger partial charge in [-0.05, 0) is 38.3 Å². The van der Waals surface area contributed by atoms with Crippen molar-refractivity contribution in [2.45, 2.75) is 53.6 Å². The van der Waals surface area contributed by atoms with Crippen LogP contribution in [0.1, 0.15) is 25.3 Å². The number of halogens is 2. The zero-order valence-corrected chi connectivity index (χ0v) is 24.1. The number of carbonyl (C=O) groups is 3. The van der Waals surface area contributed by atoms with E-state index >= 15 is 0 Å². The Bertz CT molecular complexity index is 1100. The molecule has 1 N–H and O–H groups in total. The average molecular weight is 612 g/mol. The molecule has 4 rings (SSSR count). The number of carbonyl (C=O) groups excluding carboxylic acids is 3. The zero-order valence-electron chi connectivity index (χ0n) is 20.9. The van der Waals surface area contributed by atoms with Gasteiger partial charge in [-0.15, -0.1) is 24.9 Å². The number of benzene rings is 1. The number of para-hydroxylation sites is 1. The molecule has 3 saturated heterocycles. The van der Waals surface area contributed by atoms with Crippen molar-refractivity contribution in [1.82, 2.24) is 4.90 Å². The number of amides is 2. The Morgan fingerprint density at radius 2 is 2.14 bits per heavy atom. The smallest absolute Gasteiger partial charge is 0.310 e. The third-order valence-corrected chi connectivity index (χ3v) is 11.1. The molecule has 1 aromatic rings. The minimum atomic E-state index is -0.899. The second-order valence-corrected chi connectivity index (χ2v) is 13.0. The maximum Gasteiger partial charge on any atom is 0.310 e. The monoisotopic (exact) mass is 610 g/mol. The Hall–Kier alpha value is -1.81. The number of rotatable bonds is 10. The minimum absolute atomic E-state index is 0.0758. The van der Waals surface area contributed by atoms with Crippen LogP contribution in [0.4, 0.5) is 5.69 Å². The van der Waals surface area contributed by atoms with Crippen molar-refractivity contribution in [3.8, 4) is 0 Å². The molecular formula is C27H32BrClN2O5S. The minimum Gasteiger partial charge on any atom is -0.465 e. The molecule has 3 unspecified atom stereocenters. The van der Waals surface area contributed by atoms with Crippen molar-refractivity contribution in [2.24, 2.45) is 11.8 Å². The van der Waals surface area contributed by atoms with E-state index in [-0.39, 0.29) is 41.6 Å². The summed E-state index contributed by atoms with van der Waals surface area (Å²) in [6.07, 6.45) is 4.34. The summed E-state index contributed by atoms with van der Waals surface area (Å²) in [5.74, 6) is -2.46. The number of esters is 1. The first-order chi connectivity index (χ1) is 17.6. The van der Waals surface area contributed by atoms with E-state index in [9.17, 15) is 19.5 Å². The van der Waals surface area contributed by atoms with E-state index in [1.54, 1.807) is 30.0 Å². The van der Waals surface area contributed by atoms with Crippen LogP contribution in [0.25, 0.3) is 0 Å². The Morgan fingerprint density at radius 1 is 1.41 bits per heavy atom. The van der Waals surface area contributed by atoms with Gasteiger partial charge >= 0.3 is 5.97 Å². The lowest BCUT2D eigenvalue weighted by molar-refractivity contribution is -0.154. The Labute approximate surface area is 235 Å². The number of aryl methyl sites for hydroxylation is 1. The summed E-state index contributed by atoms with van der Waals surface area (Å²) in [5.41, 5.74) is 1.37. The Balaban J connectivity index is 1.81. The molecule has 3 fully saturated rings. The second kappa shape index (κ2) is 11.1. The molecule has 0 radical (unpaired) electrons. The van der Waals surface area contributed by atoms with Gasteiger partial charge in [-0.1, -0.05) is 51.8 Å². The van der Waals surface area contributed by atoms with E-state index in [4.69, 9.17) is 16.3 Å². The third-order valence-electron chi connectivity index (χ3n) is 7.57. The molecule has 3 aliphatic rings.